The van der Waals surface area contributed by atoms with E-state index >= 15 is 0 Å². The van der Waals surface area contributed by atoms with Crippen LogP contribution in [0.3, 0.4) is 0 Å². The zero-order chi connectivity index (χ0) is 9.15. The number of hydrogen-bond donors (Lipinski definition) is 1. The molecule has 2 aliphatic rings. The monoisotopic (exact) mass is 183 g/mol. The minimum Gasteiger partial charge on any atom is -0.372 e. The van der Waals surface area contributed by atoms with Crippen LogP contribution < -0.4 is 5.32 Å². The predicted molar refractivity (Wildman–Crippen MR) is 53.8 cm³/mol. The Labute approximate surface area is 81.0 Å². The smallest absolute Gasteiger partial charge is 0.0901 e. The minimum absolute atomic E-state index is 0.164. The van der Waals surface area contributed by atoms with E-state index in [1.807, 2.05) is 0 Å². The van der Waals surface area contributed by atoms with Crippen molar-refractivity contribution in [2.45, 2.75) is 44.6 Å². The van der Waals surface area contributed by atoms with Crippen LogP contribution in [0.15, 0.2) is 0 Å². The number of rotatable bonds is 3. The van der Waals surface area contributed by atoms with Crippen molar-refractivity contribution in [2.24, 2.45) is 5.92 Å². The zero-order valence-corrected chi connectivity index (χ0v) is 8.64. The Kier molecular flexibility index (Phi) is 2.89. The van der Waals surface area contributed by atoms with Gasteiger partial charge in [-0.1, -0.05) is 19.3 Å². The Morgan fingerprint density at radius 2 is 1.92 bits per heavy atom. The molecule has 76 valence electrons. The number of ether oxygens (including phenoxy) is 1. The van der Waals surface area contributed by atoms with Crippen molar-refractivity contribution < 1.29 is 4.74 Å². The highest BCUT2D eigenvalue weighted by Gasteiger charge is 2.33. The highest BCUT2D eigenvalue weighted by atomic mass is 16.5. The Morgan fingerprint density at radius 1 is 1.23 bits per heavy atom. The summed E-state index contributed by atoms with van der Waals surface area (Å²) in [5.41, 5.74) is 0.164. The largest absolute Gasteiger partial charge is 0.372 e. The normalized spacial score (nSPS) is 28.4. The Morgan fingerprint density at radius 3 is 2.46 bits per heavy atom. The summed E-state index contributed by atoms with van der Waals surface area (Å²) in [5, 5.41) is 3.26. The first-order valence-corrected chi connectivity index (χ1v) is 5.63. The molecule has 2 rings (SSSR count). The molecule has 1 saturated heterocycles. The molecular formula is C11H21NO. The molecule has 0 atom stereocenters. The van der Waals surface area contributed by atoms with E-state index in [0.717, 1.165) is 25.6 Å². The van der Waals surface area contributed by atoms with Gasteiger partial charge in [-0.05, 0) is 25.7 Å². The lowest BCUT2D eigenvalue weighted by atomic mass is 9.89. The summed E-state index contributed by atoms with van der Waals surface area (Å²) < 4.78 is 5.94. The number of nitrogens with one attached hydrogen (secondary N) is 1. The van der Waals surface area contributed by atoms with Crippen LogP contribution in [0.5, 0.6) is 0 Å². The van der Waals surface area contributed by atoms with Gasteiger partial charge in [0.25, 0.3) is 0 Å². The molecule has 0 aromatic rings. The van der Waals surface area contributed by atoms with E-state index in [1.54, 1.807) is 0 Å². The molecule has 1 N–H and O–H groups in total. The SMILES string of the molecule is CC1(OCC2CCCCC2)CNC1. The molecule has 0 spiro atoms. The third-order valence-electron chi connectivity index (χ3n) is 3.39. The lowest BCUT2D eigenvalue weighted by molar-refractivity contribution is -0.0833. The second kappa shape index (κ2) is 3.97. The van der Waals surface area contributed by atoms with Crippen LogP contribution in [0.2, 0.25) is 0 Å². The van der Waals surface area contributed by atoms with Crippen LogP contribution in [-0.2, 0) is 4.74 Å². The molecule has 13 heavy (non-hydrogen) atoms. The van der Waals surface area contributed by atoms with Crippen LogP contribution in [0.4, 0.5) is 0 Å². The van der Waals surface area contributed by atoms with E-state index in [-0.39, 0.29) is 5.60 Å². The fourth-order valence-corrected chi connectivity index (χ4v) is 2.25. The Bertz CT molecular complexity index is 159. The first-order chi connectivity index (χ1) is 6.29. The van der Waals surface area contributed by atoms with E-state index in [0.29, 0.717) is 0 Å². The second-order valence-electron chi connectivity index (χ2n) is 4.87. The van der Waals surface area contributed by atoms with Crippen molar-refractivity contribution in [1.82, 2.24) is 5.32 Å². The van der Waals surface area contributed by atoms with E-state index in [9.17, 15) is 0 Å². The molecule has 2 heteroatoms. The van der Waals surface area contributed by atoms with Crippen molar-refractivity contribution in [3.8, 4) is 0 Å². The minimum atomic E-state index is 0.164. The van der Waals surface area contributed by atoms with Gasteiger partial charge in [0.1, 0.15) is 0 Å². The number of hydrogen-bond acceptors (Lipinski definition) is 2. The summed E-state index contributed by atoms with van der Waals surface area (Å²) >= 11 is 0. The summed E-state index contributed by atoms with van der Waals surface area (Å²) in [6, 6.07) is 0. The van der Waals surface area contributed by atoms with Crippen molar-refractivity contribution in [3.05, 3.63) is 0 Å². The van der Waals surface area contributed by atoms with Crippen molar-refractivity contribution in [1.29, 1.82) is 0 Å². The fourth-order valence-electron chi connectivity index (χ4n) is 2.25. The first kappa shape index (κ1) is 9.47. The lowest BCUT2D eigenvalue weighted by Crippen LogP contribution is -2.59. The molecule has 2 nitrogen and oxygen atoms in total. The molecule has 0 aromatic heterocycles. The van der Waals surface area contributed by atoms with E-state index in [2.05, 4.69) is 12.2 Å². The second-order valence-corrected chi connectivity index (χ2v) is 4.87. The average Bonchev–Trinajstić information content (AvgIpc) is 2.13. The Balaban J connectivity index is 1.66. The zero-order valence-electron chi connectivity index (χ0n) is 8.64. The fraction of sp³-hybridized carbons (Fsp3) is 1.00. The standard InChI is InChI=1S/C11H21NO/c1-11(8-12-9-11)13-7-10-5-3-2-4-6-10/h10,12H,2-9H2,1H3. The van der Waals surface area contributed by atoms with Gasteiger partial charge in [0.15, 0.2) is 0 Å². The van der Waals surface area contributed by atoms with Gasteiger partial charge in [0.2, 0.25) is 0 Å². The topological polar surface area (TPSA) is 21.3 Å². The third-order valence-corrected chi connectivity index (χ3v) is 3.39. The van der Waals surface area contributed by atoms with Gasteiger partial charge in [-0.15, -0.1) is 0 Å². The van der Waals surface area contributed by atoms with Gasteiger partial charge in [0.05, 0.1) is 12.2 Å². The molecule has 0 radical (unpaired) electrons. The Hall–Kier alpha value is -0.0800. The summed E-state index contributed by atoms with van der Waals surface area (Å²) in [7, 11) is 0. The summed E-state index contributed by atoms with van der Waals surface area (Å²) in [6.45, 7) is 5.30. The van der Waals surface area contributed by atoms with Gasteiger partial charge >= 0.3 is 0 Å². The van der Waals surface area contributed by atoms with Crippen molar-refractivity contribution in [3.63, 3.8) is 0 Å². The van der Waals surface area contributed by atoms with Gasteiger partial charge in [-0.25, -0.2) is 0 Å². The molecule has 0 aromatic carbocycles. The summed E-state index contributed by atoms with van der Waals surface area (Å²) in [5.74, 6) is 0.853. The molecular weight excluding hydrogens is 162 g/mol. The van der Waals surface area contributed by atoms with Gasteiger partial charge in [-0.2, -0.15) is 0 Å². The van der Waals surface area contributed by atoms with Crippen molar-refractivity contribution >= 4 is 0 Å². The highest BCUT2D eigenvalue weighted by Crippen LogP contribution is 2.26. The summed E-state index contributed by atoms with van der Waals surface area (Å²) in [6.07, 6.45) is 7.06. The van der Waals surface area contributed by atoms with Crippen LogP contribution in [0.1, 0.15) is 39.0 Å². The highest BCUT2D eigenvalue weighted by molar-refractivity contribution is 4.90. The maximum absolute atomic E-state index is 5.94. The molecule has 1 aliphatic carbocycles. The van der Waals surface area contributed by atoms with E-state index in [4.69, 9.17) is 4.74 Å². The predicted octanol–water partition coefficient (Wildman–Crippen LogP) is 1.95. The van der Waals surface area contributed by atoms with Gasteiger partial charge in [0, 0.05) is 13.1 Å². The quantitative estimate of drug-likeness (QED) is 0.722. The maximum Gasteiger partial charge on any atom is 0.0901 e. The van der Waals surface area contributed by atoms with E-state index < -0.39 is 0 Å². The van der Waals surface area contributed by atoms with Crippen LogP contribution in [0, 0.1) is 5.92 Å². The van der Waals surface area contributed by atoms with Crippen LogP contribution >= 0.6 is 0 Å². The summed E-state index contributed by atoms with van der Waals surface area (Å²) in [4.78, 5) is 0. The first-order valence-electron chi connectivity index (χ1n) is 5.63. The lowest BCUT2D eigenvalue weighted by Gasteiger charge is -2.40. The van der Waals surface area contributed by atoms with Gasteiger partial charge in [-0.3, -0.25) is 0 Å². The molecule has 1 saturated carbocycles. The average molecular weight is 183 g/mol. The van der Waals surface area contributed by atoms with Crippen LogP contribution in [-0.4, -0.2) is 25.3 Å². The molecule has 0 unspecified atom stereocenters. The van der Waals surface area contributed by atoms with E-state index in [1.165, 1.54) is 32.1 Å². The molecule has 0 bridgehead atoms. The van der Waals surface area contributed by atoms with Gasteiger partial charge < -0.3 is 10.1 Å². The molecule has 0 amide bonds. The molecule has 1 heterocycles. The molecule has 2 fully saturated rings. The maximum atomic E-state index is 5.94. The van der Waals surface area contributed by atoms with Crippen LogP contribution in [0.25, 0.3) is 0 Å². The molecule has 1 aliphatic heterocycles. The van der Waals surface area contributed by atoms with Crippen molar-refractivity contribution in [2.75, 3.05) is 19.7 Å². The third kappa shape index (κ3) is 2.44.